The molecule has 13 heavy (non-hydrogen) atoms. The van der Waals surface area contributed by atoms with Crippen molar-refractivity contribution in [1.29, 1.82) is 0 Å². The molecule has 0 atom stereocenters. The molecule has 3 heteroatoms. The Hall–Kier alpha value is -1.09. The van der Waals surface area contributed by atoms with Crippen LogP contribution in [0.1, 0.15) is 12.5 Å². The van der Waals surface area contributed by atoms with E-state index < -0.39 is 0 Å². The Balaban J connectivity index is 2.46. The Morgan fingerprint density at radius 1 is 1.69 bits per heavy atom. The van der Waals surface area contributed by atoms with Crippen molar-refractivity contribution in [2.75, 3.05) is 6.61 Å². The fraction of sp³-hybridized carbons (Fsp3) is 0.300. The van der Waals surface area contributed by atoms with E-state index >= 15 is 0 Å². The van der Waals surface area contributed by atoms with E-state index in [4.69, 9.17) is 4.74 Å². The third kappa shape index (κ3) is 3.03. The van der Waals surface area contributed by atoms with Gasteiger partial charge in [-0.05, 0) is 29.3 Å². The molecule has 0 saturated heterocycles. The highest BCUT2D eigenvalue weighted by molar-refractivity contribution is 7.07. The molecule has 1 aromatic rings. The lowest BCUT2D eigenvalue weighted by Gasteiger charge is -2.02. The van der Waals surface area contributed by atoms with Crippen LogP contribution >= 0.6 is 11.3 Å². The van der Waals surface area contributed by atoms with Crippen LogP contribution in [0.5, 0.6) is 0 Å². The van der Waals surface area contributed by atoms with Crippen LogP contribution in [0.15, 0.2) is 29.0 Å². The highest BCUT2D eigenvalue weighted by Gasteiger charge is 2.07. The Labute approximate surface area is 81.8 Å². The third-order valence-electron chi connectivity index (χ3n) is 1.56. The molecule has 70 valence electrons. The summed E-state index contributed by atoms with van der Waals surface area (Å²) in [6.07, 6.45) is 0.586. The molecule has 1 rings (SSSR count). The number of thiophene rings is 1. The predicted octanol–water partition coefficient (Wildman–Crippen LogP) is 2.41. The van der Waals surface area contributed by atoms with Crippen LogP contribution in [0, 0.1) is 0 Å². The lowest BCUT2D eigenvalue weighted by Crippen LogP contribution is -2.08. The molecule has 0 fully saturated rings. The molecule has 1 aromatic heterocycles. The van der Waals surface area contributed by atoms with E-state index in [9.17, 15) is 4.79 Å². The molecule has 0 aliphatic carbocycles. The van der Waals surface area contributed by atoms with Crippen molar-refractivity contribution in [2.24, 2.45) is 0 Å². The van der Waals surface area contributed by atoms with E-state index in [1.165, 1.54) is 0 Å². The monoisotopic (exact) mass is 196 g/mol. The summed E-state index contributed by atoms with van der Waals surface area (Å²) < 4.78 is 4.82. The SMILES string of the molecule is C=C(Cc1ccsc1)C(=O)OCC. The maximum atomic E-state index is 11.2. The smallest absolute Gasteiger partial charge is 0.333 e. The Bertz CT molecular complexity index is 288. The molecule has 0 aliphatic rings. The van der Waals surface area contributed by atoms with Crippen LogP contribution < -0.4 is 0 Å². The Kier molecular flexibility index (Phi) is 3.71. The van der Waals surface area contributed by atoms with Gasteiger partial charge in [0.2, 0.25) is 0 Å². The number of rotatable bonds is 4. The maximum absolute atomic E-state index is 11.2. The standard InChI is InChI=1S/C10H12O2S/c1-3-12-10(11)8(2)6-9-4-5-13-7-9/h4-5,7H,2-3,6H2,1H3. The molecule has 0 spiro atoms. The van der Waals surface area contributed by atoms with Gasteiger partial charge >= 0.3 is 5.97 Å². The van der Waals surface area contributed by atoms with Gasteiger partial charge in [-0.2, -0.15) is 11.3 Å². The van der Waals surface area contributed by atoms with E-state index in [-0.39, 0.29) is 5.97 Å². The van der Waals surface area contributed by atoms with Gasteiger partial charge in [-0.1, -0.05) is 6.58 Å². The summed E-state index contributed by atoms with van der Waals surface area (Å²) >= 11 is 1.61. The molecule has 0 radical (unpaired) electrons. The van der Waals surface area contributed by atoms with Gasteiger partial charge in [0.1, 0.15) is 0 Å². The predicted molar refractivity (Wildman–Crippen MR) is 53.8 cm³/mol. The van der Waals surface area contributed by atoms with Crippen molar-refractivity contribution in [3.05, 3.63) is 34.5 Å². The maximum Gasteiger partial charge on any atom is 0.333 e. The summed E-state index contributed by atoms with van der Waals surface area (Å²) in [5, 5.41) is 3.98. The van der Waals surface area contributed by atoms with Crippen LogP contribution in [0.3, 0.4) is 0 Å². The normalized spacial score (nSPS) is 9.62. The van der Waals surface area contributed by atoms with Gasteiger partial charge in [0.15, 0.2) is 0 Å². The molecule has 0 amide bonds. The average molecular weight is 196 g/mol. The van der Waals surface area contributed by atoms with Crippen molar-refractivity contribution >= 4 is 17.3 Å². The molecule has 0 bridgehead atoms. The van der Waals surface area contributed by atoms with E-state index in [1.807, 2.05) is 16.8 Å². The Morgan fingerprint density at radius 3 is 3.00 bits per heavy atom. The van der Waals surface area contributed by atoms with Crippen LogP contribution in [0.4, 0.5) is 0 Å². The fourth-order valence-electron chi connectivity index (χ4n) is 0.945. The molecule has 2 nitrogen and oxygen atoms in total. The summed E-state index contributed by atoms with van der Waals surface area (Å²) in [7, 11) is 0. The van der Waals surface area contributed by atoms with Crippen molar-refractivity contribution < 1.29 is 9.53 Å². The minimum absolute atomic E-state index is 0.297. The zero-order valence-electron chi connectivity index (χ0n) is 7.58. The first-order chi connectivity index (χ1) is 6.24. The molecule has 0 N–H and O–H groups in total. The molecule has 1 heterocycles. The largest absolute Gasteiger partial charge is 0.463 e. The van der Waals surface area contributed by atoms with E-state index in [2.05, 4.69) is 6.58 Å². The summed E-state index contributed by atoms with van der Waals surface area (Å²) in [5.74, 6) is -0.297. The summed E-state index contributed by atoms with van der Waals surface area (Å²) in [6.45, 7) is 5.87. The van der Waals surface area contributed by atoms with Gasteiger partial charge in [0.25, 0.3) is 0 Å². The summed E-state index contributed by atoms with van der Waals surface area (Å²) in [5.41, 5.74) is 1.63. The number of esters is 1. The first-order valence-electron chi connectivity index (χ1n) is 4.10. The van der Waals surface area contributed by atoms with Gasteiger partial charge in [-0.15, -0.1) is 0 Å². The highest BCUT2D eigenvalue weighted by atomic mass is 32.1. The number of hydrogen-bond donors (Lipinski definition) is 0. The Morgan fingerprint density at radius 2 is 2.46 bits per heavy atom. The average Bonchev–Trinajstić information content (AvgIpc) is 2.57. The molecule has 0 aromatic carbocycles. The lowest BCUT2D eigenvalue weighted by molar-refractivity contribution is -0.138. The van der Waals surface area contributed by atoms with Crippen molar-refractivity contribution in [3.63, 3.8) is 0 Å². The lowest BCUT2D eigenvalue weighted by atomic mass is 10.1. The fourth-order valence-corrected chi connectivity index (χ4v) is 1.61. The first-order valence-corrected chi connectivity index (χ1v) is 5.04. The molecule has 0 unspecified atom stereocenters. The number of ether oxygens (including phenoxy) is 1. The molecular formula is C10H12O2S. The second kappa shape index (κ2) is 4.82. The van der Waals surface area contributed by atoms with Gasteiger partial charge < -0.3 is 4.74 Å². The number of carbonyl (C=O) groups is 1. The van der Waals surface area contributed by atoms with Gasteiger partial charge in [0.05, 0.1) is 6.61 Å². The van der Waals surface area contributed by atoms with Crippen LogP contribution in [-0.2, 0) is 16.0 Å². The zero-order valence-corrected chi connectivity index (χ0v) is 8.39. The topological polar surface area (TPSA) is 26.3 Å². The van der Waals surface area contributed by atoms with E-state index in [0.717, 1.165) is 5.56 Å². The number of hydrogen-bond acceptors (Lipinski definition) is 3. The quantitative estimate of drug-likeness (QED) is 0.546. The minimum Gasteiger partial charge on any atom is -0.463 e. The van der Waals surface area contributed by atoms with Crippen LogP contribution in [0.2, 0.25) is 0 Å². The van der Waals surface area contributed by atoms with Gasteiger partial charge in [-0.3, -0.25) is 0 Å². The molecule has 0 saturated carbocycles. The van der Waals surface area contributed by atoms with Crippen molar-refractivity contribution in [1.82, 2.24) is 0 Å². The van der Waals surface area contributed by atoms with Gasteiger partial charge in [0, 0.05) is 12.0 Å². The van der Waals surface area contributed by atoms with E-state index in [0.29, 0.717) is 18.6 Å². The van der Waals surface area contributed by atoms with Crippen molar-refractivity contribution in [2.45, 2.75) is 13.3 Å². The second-order valence-corrected chi connectivity index (χ2v) is 3.41. The van der Waals surface area contributed by atoms with Crippen LogP contribution in [0.25, 0.3) is 0 Å². The van der Waals surface area contributed by atoms with Gasteiger partial charge in [-0.25, -0.2) is 4.79 Å². The first kappa shape index (κ1) is 9.99. The molecular weight excluding hydrogens is 184 g/mol. The third-order valence-corrected chi connectivity index (χ3v) is 2.29. The molecule has 0 aliphatic heterocycles. The minimum atomic E-state index is -0.297. The summed E-state index contributed by atoms with van der Waals surface area (Å²) in [4.78, 5) is 11.2. The zero-order chi connectivity index (χ0) is 9.68. The van der Waals surface area contributed by atoms with Crippen LogP contribution in [-0.4, -0.2) is 12.6 Å². The van der Waals surface area contributed by atoms with E-state index in [1.54, 1.807) is 18.3 Å². The highest BCUT2D eigenvalue weighted by Crippen LogP contribution is 2.11. The summed E-state index contributed by atoms with van der Waals surface area (Å²) in [6, 6.07) is 1.98. The van der Waals surface area contributed by atoms with Crippen molar-refractivity contribution in [3.8, 4) is 0 Å². The number of carbonyl (C=O) groups excluding carboxylic acids is 1. The second-order valence-electron chi connectivity index (χ2n) is 2.63.